The molecule has 1 aliphatic rings. The number of hydrogen-bond acceptors (Lipinski definition) is 4. The van der Waals surface area contributed by atoms with E-state index in [0.717, 1.165) is 12.8 Å². The van der Waals surface area contributed by atoms with Gasteiger partial charge in [-0.05, 0) is 50.8 Å². The summed E-state index contributed by atoms with van der Waals surface area (Å²) < 4.78 is 11.3. The summed E-state index contributed by atoms with van der Waals surface area (Å²) in [6.45, 7) is 1.85. The largest absolute Gasteiger partial charge is 0.493 e. The van der Waals surface area contributed by atoms with Gasteiger partial charge in [-0.3, -0.25) is 4.79 Å². The van der Waals surface area contributed by atoms with Gasteiger partial charge in [-0.15, -0.1) is 0 Å². The topological polar surface area (TPSA) is 67.8 Å². The minimum Gasteiger partial charge on any atom is -0.493 e. The molecule has 0 heterocycles. The van der Waals surface area contributed by atoms with Crippen LogP contribution in [0.15, 0.2) is 18.2 Å². The van der Waals surface area contributed by atoms with Crippen molar-refractivity contribution in [3.8, 4) is 11.5 Å². The Labute approximate surface area is 125 Å². The maximum atomic E-state index is 12.0. The van der Waals surface area contributed by atoms with Crippen LogP contribution in [0, 0.1) is 0 Å². The molecule has 0 spiro atoms. The lowest BCUT2D eigenvalue weighted by molar-refractivity contribution is 0.0923. The van der Waals surface area contributed by atoms with Crippen LogP contribution in [0.1, 0.15) is 43.0 Å². The molecular formula is C16H23NO4. The molecule has 2 rings (SSSR count). The number of methoxy groups -OCH3 is 1. The number of ether oxygens (including phenoxy) is 2. The fourth-order valence-corrected chi connectivity index (χ4v) is 2.43. The Morgan fingerprint density at radius 2 is 2.10 bits per heavy atom. The summed E-state index contributed by atoms with van der Waals surface area (Å²) >= 11 is 0. The van der Waals surface area contributed by atoms with Crippen molar-refractivity contribution in [1.82, 2.24) is 5.32 Å². The quantitative estimate of drug-likeness (QED) is 0.843. The molecule has 1 saturated carbocycles. The van der Waals surface area contributed by atoms with Crippen molar-refractivity contribution < 1.29 is 19.4 Å². The van der Waals surface area contributed by atoms with Crippen LogP contribution in [0.5, 0.6) is 11.5 Å². The van der Waals surface area contributed by atoms with Crippen molar-refractivity contribution in [3.63, 3.8) is 0 Å². The second-order valence-corrected chi connectivity index (χ2v) is 5.45. The van der Waals surface area contributed by atoms with E-state index in [2.05, 4.69) is 5.32 Å². The Bertz CT molecular complexity index is 481. The minimum absolute atomic E-state index is 0.224. The summed E-state index contributed by atoms with van der Waals surface area (Å²) in [5.41, 5.74) is 0.492. The molecule has 0 unspecified atom stereocenters. The fourth-order valence-electron chi connectivity index (χ4n) is 2.43. The molecule has 0 saturated heterocycles. The molecule has 0 aliphatic heterocycles. The van der Waals surface area contributed by atoms with Gasteiger partial charge in [0.25, 0.3) is 5.91 Å². The van der Waals surface area contributed by atoms with E-state index in [1.54, 1.807) is 32.2 Å². The number of aliphatic hydroxyl groups excluding tert-OH is 1. The third-order valence-electron chi connectivity index (χ3n) is 3.58. The predicted octanol–water partition coefficient (Wildman–Crippen LogP) is 2.13. The number of nitrogens with one attached hydrogen (secondary N) is 1. The molecule has 2 N–H and O–H groups in total. The fraction of sp³-hybridized carbons (Fsp3) is 0.562. The van der Waals surface area contributed by atoms with E-state index >= 15 is 0 Å². The van der Waals surface area contributed by atoms with E-state index in [1.165, 1.54) is 12.8 Å². The third-order valence-corrected chi connectivity index (χ3v) is 3.58. The monoisotopic (exact) mass is 293 g/mol. The van der Waals surface area contributed by atoms with Crippen LogP contribution < -0.4 is 14.8 Å². The molecule has 21 heavy (non-hydrogen) atoms. The van der Waals surface area contributed by atoms with Gasteiger partial charge in [0.1, 0.15) is 0 Å². The molecule has 1 aromatic carbocycles. The van der Waals surface area contributed by atoms with E-state index < -0.39 is 6.10 Å². The highest BCUT2D eigenvalue weighted by atomic mass is 16.5. The number of benzene rings is 1. The lowest BCUT2D eigenvalue weighted by Crippen LogP contribution is -2.30. The first-order valence-electron chi connectivity index (χ1n) is 7.41. The number of aliphatic hydroxyl groups is 1. The summed E-state index contributed by atoms with van der Waals surface area (Å²) in [4.78, 5) is 12.0. The van der Waals surface area contributed by atoms with Gasteiger partial charge in [-0.1, -0.05) is 0 Å². The third kappa shape index (κ3) is 4.36. The normalized spacial score (nSPS) is 16.5. The van der Waals surface area contributed by atoms with Crippen molar-refractivity contribution in [3.05, 3.63) is 23.8 Å². The average molecular weight is 293 g/mol. The molecular weight excluding hydrogens is 270 g/mol. The van der Waals surface area contributed by atoms with Gasteiger partial charge < -0.3 is 19.9 Å². The first-order chi connectivity index (χ1) is 10.1. The summed E-state index contributed by atoms with van der Waals surface area (Å²) in [6.07, 6.45) is 4.22. The van der Waals surface area contributed by atoms with E-state index in [4.69, 9.17) is 9.47 Å². The summed E-state index contributed by atoms with van der Waals surface area (Å²) in [5, 5.41) is 11.8. The van der Waals surface area contributed by atoms with E-state index in [9.17, 15) is 9.90 Å². The molecule has 0 bridgehead atoms. The maximum absolute atomic E-state index is 12.0. The van der Waals surface area contributed by atoms with Gasteiger partial charge in [-0.25, -0.2) is 0 Å². The number of carbonyl (C=O) groups is 1. The smallest absolute Gasteiger partial charge is 0.251 e. The molecule has 5 heteroatoms. The summed E-state index contributed by atoms with van der Waals surface area (Å²) in [7, 11) is 1.56. The standard InChI is InChI=1S/C16H23NO4/c1-11(18)10-17-16(19)12-7-8-14(15(9-12)20-2)21-13-5-3-4-6-13/h7-9,11,13,18H,3-6,10H2,1-2H3,(H,17,19)/t11-/m0/s1. The average Bonchev–Trinajstić information content (AvgIpc) is 2.98. The Morgan fingerprint density at radius 3 is 2.71 bits per heavy atom. The van der Waals surface area contributed by atoms with Crippen molar-refractivity contribution >= 4 is 5.91 Å². The Kier molecular flexibility index (Phi) is 5.44. The van der Waals surface area contributed by atoms with Crippen LogP contribution in [0.3, 0.4) is 0 Å². The van der Waals surface area contributed by atoms with Crippen LogP contribution in [-0.2, 0) is 0 Å². The molecule has 0 radical (unpaired) electrons. The first kappa shape index (κ1) is 15.6. The predicted molar refractivity (Wildman–Crippen MR) is 79.9 cm³/mol. The molecule has 5 nitrogen and oxygen atoms in total. The van der Waals surface area contributed by atoms with Gasteiger partial charge >= 0.3 is 0 Å². The van der Waals surface area contributed by atoms with Gasteiger partial charge in [-0.2, -0.15) is 0 Å². The van der Waals surface area contributed by atoms with Crippen LogP contribution in [0.25, 0.3) is 0 Å². The van der Waals surface area contributed by atoms with E-state index in [-0.39, 0.29) is 18.6 Å². The number of carbonyl (C=O) groups excluding carboxylic acids is 1. The van der Waals surface area contributed by atoms with E-state index in [1.807, 2.05) is 0 Å². The lowest BCUT2D eigenvalue weighted by atomic mass is 10.2. The highest BCUT2D eigenvalue weighted by molar-refractivity contribution is 5.94. The first-order valence-corrected chi connectivity index (χ1v) is 7.41. The van der Waals surface area contributed by atoms with Gasteiger partial charge in [0, 0.05) is 12.1 Å². The molecule has 1 fully saturated rings. The van der Waals surface area contributed by atoms with Gasteiger partial charge in [0.15, 0.2) is 11.5 Å². The van der Waals surface area contributed by atoms with Crippen LogP contribution in [0.2, 0.25) is 0 Å². The number of hydrogen-bond donors (Lipinski definition) is 2. The Balaban J connectivity index is 2.06. The number of amides is 1. The summed E-state index contributed by atoms with van der Waals surface area (Å²) in [5.74, 6) is 1.00. The van der Waals surface area contributed by atoms with Gasteiger partial charge in [0.05, 0.1) is 19.3 Å². The molecule has 1 amide bonds. The molecule has 0 aromatic heterocycles. The van der Waals surface area contributed by atoms with Gasteiger partial charge in [0.2, 0.25) is 0 Å². The minimum atomic E-state index is -0.569. The molecule has 1 aliphatic carbocycles. The second-order valence-electron chi connectivity index (χ2n) is 5.45. The van der Waals surface area contributed by atoms with Crippen LogP contribution in [0.4, 0.5) is 0 Å². The Morgan fingerprint density at radius 1 is 1.38 bits per heavy atom. The van der Waals surface area contributed by atoms with Crippen molar-refractivity contribution in [1.29, 1.82) is 0 Å². The molecule has 116 valence electrons. The lowest BCUT2D eigenvalue weighted by Gasteiger charge is -2.16. The second kappa shape index (κ2) is 7.31. The number of rotatable bonds is 6. The van der Waals surface area contributed by atoms with Crippen molar-refractivity contribution in [2.24, 2.45) is 0 Å². The highest BCUT2D eigenvalue weighted by Crippen LogP contribution is 2.32. The van der Waals surface area contributed by atoms with Crippen LogP contribution >= 0.6 is 0 Å². The van der Waals surface area contributed by atoms with Crippen molar-refractivity contribution in [2.75, 3.05) is 13.7 Å². The molecule has 1 atom stereocenters. The van der Waals surface area contributed by atoms with E-state index in [0.29, 0.717) is 17.1 Å². The summed E-state index contributed by atoms with van der Waals surface area (Å²) in [6, 6.07) is 5.15. The zero-order valence-electron chi connectivity index (χ0n) is 12.6. The van der Waals surface area contributed by atoms with Crippen LogP contribution in [-0.4, -0.2) is 36.9 Å². The highest BCUT2D eigenvalue weighted by Gasteiger charge is 2.19. The maximum Gasteiger partial charge on any atom is 0.251 e. The zero-order valence-corrected chi connectivity index (χ0v) is 12.6. The molecule has 1 aromatic rings. The zero-order chi connectivity index (χ0) is 15.2. The SMILES string of the molecule is COc1cc(C(=O)NC[C@H](C)O)ccc1OC1CCCC1. The van der Waals surface area contributed by atoms with Crippen molar-refractivity contribution in [2.45, 2.75) is 44.8 Å². The Hall–Kier alpha value is -1.75.